The lowest BCUT2D eigenvalue weighted by atomic mass is 9.82. The molecule has 0 unspecified atom stereocenters. The average molecular weight is 693 g/mol. The van der Waals surface area contributed by atoms with Crippen LogP contribution in [0.5, 0.6) is 0 Å². The fourth-order valence-corrected chi connectivity index (χ4v) is 10.4. The summed E-state index contributed by atoms with van der Waals surface area (Å²) in [6.45, 7) is 6.94. The summed E-state index contributed by atoms with van der Waals surface area (Å²) >= 11 is 6.53. The van der Waals surface area contributed by atoms with E-state index < -0.39 is 31.6 Å². The van der Waals surface area contributed by atoms with E-state index in [2.05, 4.69) is 5.32 Å². The number of nitrogens with one attached hydrogen (secondary N) is 1. The minimum Gasteiger partial charge on any atom is -0.395 e. The van der Waals surface area contributed by atoms with E-state index in [1.807, 2.05) is 61.5 Å². The van der Waals surface area contributed by atoms with Crippen molar-refractivity contribution in [1.29, 1.82) is 0 Å². The molecule has 0 bridgehead atoms. The average Bonchev–Trinajstić information content (AvgIpc) is 3.47. The zero-order chi connectivity index (χ0) is 34.2. The van der Waals surface area contributed by atoms with Gasteiger partial charge in [0.25, 0.3) is 5.91 Å². The lowest BCUT2D eigenvalue weighted by Gasteiger charge is -2.31. The molecule has 12 heteroatoms. The normalized spacial score (nSPS) is 24.0. The summed E-state index contributed by atoms with van der Waals surface area (Å²) in [5.74, 6) is -1.22. The van der Waals surface area contributed by atoms with Gasteiger partial charge in [0.2, 0.25) is 20.2 Å². The lowest BCUT2D eigenvalue weighted by molar-refractivity contribution is -0.150. The maximum absolute atomic E-state index is 16.4. The Bertz CT molecular complexity index is 1690. The molecule has 2 fully saturated rings. The van der Waals surface area contributed by atoms with Crippen LogP contribution in [-0.4, -0.2) is 75.0 Å². The summed E-state index contributed by atoms with van der Waals surface area (Å²) in [7, 11) is -3.52. The highest BCUT2D eigenvalue weighted by atomic mass is 35.5. The molecule has 4 atom stereocenters. The fraction of sp³-hybridized carbons (Fsp3) is 0.417. The predicted molar refractivity (Wildman–Crippen MR) is 186 cm³/mol. The van der Waals surface area contributed by atoms with Crippen molar-refractivity contribution in [3.63, 3.8) is 0 Å². The van der Waals surface area contributed by atoms with Gasteiger partial charge in [0.05, 0.1) is 37.9 Å². The second kappa shape index (κ2) is 13.7. The number of hydrogen-bond acceptors (Lipinski definition) is 6. The van der Waals surface area contributed by atoms with Gasteiger partial charge in [0.15, 0.2) is 5.60 Å². The van der Waals surface area contributed by atoms with Gasteiger partial charge < -0.3 is 34.0 Å². The molecule has 3 amide bonds. The van der Waals surface area contributed by atoms with Gasteiger partial charge in [-0.1, -0.05) is 61.0 Å². The van der Waals surface area contributed by atoms with Crippen LogP contribution in [0.25, 0.3) is 0 Å². The van der Waals surface area contributed by atoms with Crippen LogP contribution < -0.4 is 15.1 Å². The molecule has 6 rings (SSSR count). The van der Waals surface area contributed by atoms with E-state index in [1.54, 1.807) is 46.0 Å². The van der Waals surface area contributed by atoms with Crippen molar-refractivity contribution in [2.24, 2.45) is 5.92 Å². The fourth-order valence-electron chi connectivity index (χ4n) is 7.78. The molecule has 3 aromatic carbocycles. The van der Waals surface area contributed by atoms with Gasteiger partial charge in [-0.2, -0.15) is 0 Å². The van der Waals surface area contributed by atoms with Crippen molar-refractivity contribution < 1.29 is 28.3 Å². The minimum atomic E-state index is -3.52. The van der Waals surface area contributed by atoms with Crippen LogP contribution in [0.15, 0.2) is 72.8 Å². The Morgan fingerprint density at radius 1 is 1.10 bits per heavy atom. The number of aliphatic hydroxyl groups is 1. The number of nitrogens with zero attached hydrogens (tertiary/aromatic N) is 3. The van der Waals surface area contributed by atoms with Gasteiger partial charge in [-0.3, -0.25) is 14.4 Å². The smallest absolute Gasteiger partial charge is 0.264 e. The molecule has 3 heterocycles. The van der Waals surface area contributed by atoms with Crippen LogP contribution in [0, 0.1) is 5.92 Å². The van der Waals surface area contributed by atoms with Gasteiger partial charge in [0.1, 0.15) is 0 Å². The molecule has 3 aliphatic heterocycles. The summed E-state index contributed by atoms with van der Waals surface area (Å²) < 4.78 is 23.1. The Hall–Kier alpha value is -3.61. The Morgan fingerprint density at radius 3 is 2.56 bits per heavy atom. The van der Waals surface area contributed by atoms with E-state index in [1.165, 1.54) is 0 Å². The number of ether oxygens (including phenoxy) is 1. The van der Waals surface area contributed by atoms with Gasteiger partial charge in [0, 0.05) is 53.9 Å². The third kappa shape index (κ3) is 6.41. The number of anilines is 2. The molecule has 3 aliphatic rings. The number of benzene rings is 3. The van der Waals surface area contributed by atoms with E-state index in [9.17, 15) is 19.5 Å². The molecule has 0 radical (unpaired) electrons. The van der Waals surface area contributed by atoms with Crippen LogP contribution >= 0.6 is 11.6 Å². The minimum absolute atomic E-state index is 0.0197. The Morgan fingerprint density at radius 2 is 1.85 bits per heavy atom. The second-order valence-corrected chi connectivity index (χ2v) is 17.7. The highest BCUT2D eigenvalue weighted by molar-refractivity contribution is 6.72. The monoisotopic (exact) mass is 692 g/mol. The number of piperazine rings is 1. The van der Waals surface area contributed by atoms with E-state index in [4.69, 9.17) is 16.3 Å². The van der Waals surface area contributed by atoms with Crippen molar-refractivity contribution in [3.8, 4) is 0 Å². The number of hydrogen-bond donors (Lipinski definition) is 2. The molecule has 1 spiro atoms. The highest BCUT2D eigenvalue weighted by Gasteiger charge is 2.67. The van der Waals surface area contributed by atoms with Crippen LogP contribution in [-0.2, 0) is 37.8 Å². The molecule has 2 saturated heterocycles. The maximum Gasteiger partial charge on any atom is 0.264 e. The molecule has 9 nitrogen and oxygen atoms in total. The Balaban J connectivity index is 1.33. The first kappa shape index (κ1) is 34.3. The largest absolute Gasteiger partial charge is 0.395 e. The number of amides is 3. The number of fused-ring (bicyclic) bond motifs is 2. The Labute approximate surface area is 286 Å². The predicted octanol–water partition coefficient (Wildman–Crippen LogP) is 5.01. The first-order chi connectivity index (χ1) is 22.9. The van der Waals surface area contributed by atoms with Gasteiger partial charge in [-0.25, -0.2) is 0 Å². The summed E-state index contributed by atoms with van der Waals surface area (Å²) in [5, 5.41) is 13.3. The SMILES string of the molecule is C[C@@H]1[C@@H]([Si](C)(C)F)[C@H](CC(=O)N(CCO)Cc2ccccc2)O[C@@]12C(=O)N(Cc1cccc(N3CCNCC3=O)c1)c1ccc(Cl)cc12. The first-order valence-electron chi connectivity index (χ1n) is 16.5. The molecule has 0 aromatic heterocycles. The summed E-state index contributed by atoms with van der Waals surface area (Å²) in [5.41, 5.74) is 1.45. The van der Waals surface area contributed by atoms with Crippen molar-refractivity contribution in [2.45, 2.75) is 56.8 Å². The molecule has 2 N–H and O–H groups in total. The first-order valence-corrected chi connectivity index (χ1v) is 19.8. The highest BCUT2D eigenvalue weighted by Crippen LogP contribution is 2.60. The van der Waals surface area contributed by atoms with Crippen molar-refractivity contribution in [1.82, 2.24) is 10.2 Å². The van der Waals surface area contributed by atoms with E-state index in [0.717, 1.165) is 16.8 Å². The topological polar surface area (TPSA) is 102 Å². The van der Waals surface area contributed by atoms with Crippen LogP contribution in [0.2, 0.25) is 23.7 Å². The molecule has 0 saturated carbocycles. The molecule has 0 aliphatic carbocycles. The summed E-state index contributed by atoms with van der Waals surface area (Å²) in [6, 6.07) is 22.3. The second-order valence-electron chi connectivity index (χ2n) is 13.4. The number of halogens is 2. The molecule has 48 heavy (non-hydrogen) atoms. The van der Waals surface area contributed by atoms with Gasteiger partial charge in [-0.15, -0.1) is 0 Å². The summed E-state index contributed by atoms with van der Waals surface area (Å²) in [4.78, 5) is 46.2. The van der Waals surface area contributed by atoms with Crippen LogP contribution in [0.1, 0.15) is 30.0 Å². The quantitative estimate of drug-likeness (QED) is 0.229. The van der Waals surface area contributed by atoms with Crippen molar-refractivity contribution in [2.75, 3.05) is 42.6 Å². The molecule has 3 aromatic rings. The third-order valence-electron chi connectivity index (χ3n) is 9.89. The standard InChI is InChI=1S/C36H42ClFN4O5Si/c1-24-34(48(2,3)38)31(20-32(44)40(16-17-43)22-25-8-5-4-6-9-25)47-36(24)29-19-27(37)12-13-30(29)42(35(36)46)23-26-10-7-11-28(18-26)41-15-14-39-21-33(41)45/h4-13,18-19,24,31,34,39,43H,14-17,20-23H2,1-3H3/t24-,31+,34-,36+/m1/s1. The van der Waals surface area contributed by atoms with Crippen molar-refractivity contribution >= 4 is 49.1 Å². The van der Waals surface area contributed by atoms with E-state index in [-0.39, 0.29) is 50.4 Å². The van der Waals surface area contributed by atoms with E-state index in [0.29, 0.717) is 35.9 Å². The number of carbonyl (C=O) groups excluding carboxylic acids is 3. The zero-order valence-electron chi connectivity index (χ0n) is 27.5. The lowest BCUT2D eigenvalue weighted by Crippen LogP contribution is -2.48. The molecular weight excluding hydrogens is 651 g/mol. The van der Waals surface area contributed by atoms with E-state index >= 15 is 4.11 Å². The molecular formula is C36H42ClFN4O5Si. The number of rotatable bonds is 10. The zero-order valence-corrected chi connectivity index (χ0v) is 29.3. The third-order valence-corrected chi connectivity index (χ3v) is 12.6. The van der Waals surface area contributed by atoms with Gasteiger partial charge in [-0.05, 0) is 54.6 Å². The number of carbonyl (C=O) groups is 3. The number of aliphatic hydroxyl groups excluding tert-OH is 1. The Kier molecular flexibility index (Phi) is 9.79. The van der Waals surface area contributed by atoms with Crippen LogP contribution in [0.3, 0.4) is 0 Å². The van der Waals surface area contributed by atoms with Crippen LogP contribution in [0.4, 0.5) is 15.5 Å². The van der Waals surface area contributed by atoms with Gasteiger partial charge >= 0.3 is 0 Å². The maximum atomic E-state index is 16.4. The molecule has 254 valence electrons. The van der Waals surface area contributed by atoms with Crippen molar-refractivity contribution in [3.05, 3.63) is 94.5 Å². The summed E-state index contributed by atoms with van der Waals surface area (Å²) in [6.07, 6.45) is -0.998.